The fourth-order valence-electron chi connectivity index (χ4n) is 2.68. The lowest BCUT2D eigenvalue weighted by molar-refractivity contribution is 0.0495. The Balaban J connectivity index is 1.53. The lowest BCUT2D eigenvalue weighted by atomic mass is 10.2. The Labute approximate surface area is 102 Å². The van der Waals surface area contributed by atoms with Crippen molar-refractivity contribution in [3.63, 3.8) is 0 Å². The third-order valence-corrected chi connectivity index (χ3v) is 3.65. The molecule has 0 spiro atoms. The molecule has 2 aliphatic rings. The summed E-state index contributed by atoms with van der Waals surface area (Å²) in [4.78, 5) is 6.85. The van der Waals surface area contributed by atoms with Crippen LogP contribution in [0.25, 0.3) is 0 Å². The highest BCUT2D eigenvalue weighted by Crippen LogP contribution is 2.25. The SMILES string of the molecule is CC1=NCC2CC(OCc3ccccc3)CN12. The van der Waals surface area contributed by atoms with Crippen LogP contribution in [0.3, 0.4) is 0 Å². The van der Waals surface area contributed by atoms with Gasteiger partial charge in [0, 0.05) is 6.54 Å². The zero-order valence-corrected chi connectivity index (χ0v) is 10.2. The van der Waals surface area contributed by atoms with E-state index < -0.39 is 0 Å². The Morgan fingerprint density at radius 2 is 2.18 bits per heavy atom. The van der Waals surface area contributed by atoms with Crippen LogP contribution in [-0.2, 0) is 11.3 Å². The van der Waals surface area contributed by atoms with Crippen molar-refractivity contribution in [1.82, 2.24) is 4.90 Å². The first kappa shape index (κ1) is 10.8. The van der Waals surface area contributed by atoms with E-state index in [1.807, 2.05) is 6.07 Å². The first-order valence-corrected chi connectivity index (χ1v) is 6.26. The van der Waals surface area contributed by atoms with Gasteiger partial charge in [0.2, 0.25) is 0 Å². The summed E-state index contributed by atoms with van der Waals surface area (Å²) < 4.78 is 5.98. The van der Waals surface area contributed by atoms with Gasteiger partial charge < -0.3 is 9.64 Å². The highest BCUT2D eigenvalue weighted by molar-refractivity contribution is 5.82. The van der Waals surface area contributed by atoms with E-state index in [4.69, 9.17) is 4.74 Å². The van der Waals surface area contributed by atoms with E-state index in [9.17, 15) is 0 Å². The normalized spacial score (nSPS) is 27.1. The molecule has 0 amide bonds. The molecule has 3 heteroatoms. The van der Waals surface area contributed by atoms with Crippen LogP contribution in [0.15, 0.2) is 35.3 Å². The molecule has 2 unspecified atom stereocenters. The zero-order valence-electron chi connectivity index (χ0n) is 10.2. The number of nitrogens with zero attached hydrogens (tertiary/aromatic N) is 2. The minimum absolute atomic E-state index is 0.366. The summed E-state index contributed by atoms with van der Waals surface area (Å²) in [5.74, 6) is 1.18. The van der Waals surface area contributed by atoms with E-state index in [0.717, 1.165) is 26.1 Å². The molecule has 17 heavy (non-hydrogen) atoms. The summed E-state index contributed by atoms with van der Waals surface area (Å²) in [6.07, 6.45) is 1.49. The van der Waals surface area contributed by atoms with Crippen molar-refractivity contribution in [2.75, 3.05) is 13.1 Å². The molecule has 0 radical (unpaired) electrons. The van der Waals surface area contributed by atoms with Gasteiger partial charge in [0.15, 0.2) is 0 Å². The summed E-state index contributed by atoms with van der Waals surface area (Å²) >= 11 is 0. The highest BCUT2D eigenvalue weighted by Gasteiger charge is 2.36. The molecule has 3 rings (SSSR count). The smallest absolute Gasteiger partial charge is 0.0962 e. The van der Waals surface area contributed by atoms with Crippen LogP contribution in [0.5, 0.6) is 0 Å². The number of rotatable bonds is 3. The van der Waals surface area contributed by atoms with Crippen LogP contribution in [-0.4, -0.2) is 36.0 Å². The van der Waals surface area contributed by atoms with Crippen LogP contribution < -0.4 is 0 Å². The van der Waals surface area contributed by atoms with Gasteiger partial charge in [-0.3, -0.25) is 4.99 Å². The number of amidine groups is 1. The molecule has 1 fully saturated rings. The molecule has 90 valence electrons. The van der Waals surface area contributed by atoms with Crippen molar-refractivity contribution in [2.24, 2.45) is 4.99 Å². The molecule has 1 aromatic carbocycles. The van der Waals surface area contributed by atoms with Gasteiger partial charge in [0.25, 0.3) is 0 Å². The highest BCUT2D eigenvalue weighted by atomic mass is 16.5. The van der Waals surface area contributed by atoms with Gasteiger partial charge in [0.1, 0.15) is 0 Å². The van der Waals surface area contributed by atoms with Crippen molar-refractivity contribution in [2.45, 2.75) is 32.1 Å². The van der Waals surface area contributed by atoms with Gasteiger partial charge in [0.05, 0.1) is 31.1 Å². The minimum atomic E-state index is 0.366. The summed E-state index contributed by atoms with van der Waals surface area (Å²) in [7, 11) is 0. The van der Waals surface area contributed by atoms with Crippen LogP contribution in [0.1, 0.15) is 18.9 Å². The number of hydrogen-bond donors (Lipinski definition) is 0. The largest absolute Gasteiger partial charge is 0.372 e. The maximum atomic E-state index is 5.98. The van der Waals surface area contributed by atoms with Crippen LogP contribution in [0.4, 0.5) is 0 Å². The molecule has 2 aliphatic heterocycles. The fourth-order valence-corrected chi connectivity index (χ4v) is 2.68. The third kappa shape index (κ3) is 2.20. The fraction of sp³-hybridized carbons (Fsp3) is 0.500. The van der Waals surface area contributed by atoms with Gasteiger partial charge in [-0.1, -0.05) is 30.3 Å². The maximum Gasteiger partial charge on any atom is 0.0962 e. The van der Waals surface area contributed by atoms with Crippen molar-refractivity contribution >= 4 is 5.84 Å². The molecule has 1 saturated heterocycles. The van der Waals surface area contributed by atoms with Crippen molar-refractivity contribution in [1.29, 1.82) is 0 Å². The summed E-state index contributed by atoms with van der Waals surface area (Å²) in [5, 5.41) is 0. The first-order valence-electron chi connectivity index (χ1n) is 6.26. The molecular weight excluding hydrogens is 212 g/mol. The van der Waals surface area contributed by atoms with Gasteiger partial charge >= 0.3 is 0 Å². The van der Waals surface area contributed by atoms with Crippen LogP contribution in [0, 0.1) is 0 Å². The molecule has 0 aromatic heterocycles. The minimum Gasteiger partial charge on any atom is -0.372 e. The van der Waals surface area contributed by atoms with Gasteiger partial charge in [-0.05, 0) is 18.9 Å². The predicted octanol–water partition coefficient (Wildman–Crippen LogP) is 2.08. The van der Waals surface area contributed by atoms with Crippen molar-refractivity contribution < 1.29 is 4.74 Å². The zero-order chi connectivity index (χ0) is 11.7. The number of aliphatic imine (C=N–C) groups is 1. The van der Waals surface area contributed by atoms with Gasteiger partial charge in [-0.15, -0.1) is 0 Å². The van der Waals surface area contributed by atoms with Crippen molar-refractivity contribution in [3.05, 3.63) is 35.9 Å². The van der Waals surface area contributed by atoms with E-state index in [1.165, 1.54) is 11.4 Å². The molecule has 0 saturated carbocycles. The molecule has 3 nitrogen and oxygen atoms in total. The van der Waals surface area contributed by atoms with Gasteiger partial charge in [-0.2, -0.15) is 0 Å². The molecule has 1 aromatic rings. The summed E-state index contributed by atoms with van der Waals surface area (Å²) in [6, 6.07) is 11.0. The second-order valence-electron chi connectivity index (χ2n) is 4.85. The predicted molar refractivity (Wildman–Crippen MR) is 68.1 cm³/mol. The number of ether oxygens (including phenoxy) is 1. The Hall–Kier alpha value is -1.35. The molecule has 0 bridgehead atoms. The number of hydrogen-bond acceptors (Lipinski definition) is 3. The van der Waals surface area contributed by atoms with Crippen molar-refractivity contribution in [3.8, 4) is 0 Å². The second-order valence-corrected chi connectivity index (χ2v) is 4.85. The maximum absolute atomic E-state index is 5.98. The summed E-state index contributed by atoms with van der Waals surface area (Å²) in [5.41, 5.74) is 1.25. The Morgan fingerprint density at radius 1 is 1.35 bits per heavy atom. The quantitative estimate of drug-likeness (QED) is 0.794. The molecule has 0 N–H and O–H groups in total. The average molecular weight is 230 g/mol. The molecular formula is C14H18N2O. The molecule has 2 atom stereocenters. The lowest BCUT2D eigenvalue weighted by Crippen LogP contribution is -2.30. The number of fused-ring (bicyclic) bond motifs is 1. The lowest BCUT2D eigenvalue weighted by Gasteiger charge is -2.17. The summed E-state index contributed by atoms with van der Waals surface area (Å²) in [6.45, 7) is 4.78. The third-order valence-electron chi connectivity index (χ3n) is 3.65. The van der Waals surface area contributed by atoms with E-state index >= 15 is 0 Å². The topological polar surface area (TPSA) is 24.8 Å². The van der Waals surface area contributed by atoms with E-state index in [2.05, 4.69) is 41.1 Å². The average Bonchev–Trinajstić information content (AvgIpc) is 2.91. The van der Waals surface area contributed by atoms with E-state index in [-0.39, 0.29) is 0 Å². The Kier molecular flexibility index (Phi) is 2.85. The van der Waals surface area contributed by atoms with Crippen LogP contribution >= 0.6 is 0 Å². The second kappa shape index (κ2) is 4.49. The molecule has 0 aliphatic carbocycles. The van der Waals surface area contributed by atoms with Gasteiger partial charge in [-0.25, -0.2) is 0 Å². The number of benzene rings is 1. The Bertz CT molecular complexity index is 415. The first-order chi connectivity index (χ1) is 8.33. The Morgan fingerprint density at radius 3 is 2.94 bits per heavy atom. The van der Waals surface area contributed by atoms with Crippen LogP contribution in [0.2, 0.25) is 0 Å². The monoisotopic (exact) mass is 230 g/mol. The molecule has 2 heterocycles. The standard InChI is InChI=1S/C14H18N2O/c1-11-15-8-13-7-14(9-16(11)13)17-10-12-5-3-2-4-6-12/h2-6,13-14H,7-10H2,1H3. The van der Waals surface area contributed by atoms with E-state index in [0.29, 0.717) is 12.1 Å². The van der Waals surface area contributed by atoms with E-state index in [1.54, 1.807) is 0 Å².